The topological polar surface area (TPSA) is 69.7 Å². The zero-order chi connectivity index (χ0) is 24.3. The van der Waals surface area contributed by atoms with Crippen LogP contribution in [0.1, 0.15) is 28.8 Å². The predicted octanol–water partition coefficient (Wildman–Crippen LogP) is 5.81. The van der Waals surface area contributed by atoms with Crippen LogP contribution >= 0.6 is 23.2 Å². The van der Waals surface area contributed by atoms with E-state index in [4.69, 9.17) is 23.2 Å². The highest BCUT2D eigenvalue weighted by Crippen LogP contribution is 2.34. The largest absolute Gasteiger partial charge is 0.372 e. The summed E-state index contributed by atoms with van der Waals surface area (Å²) in [5.41, 5.74) is 3.36. The molecular formula is C25H25Cl2N3O3S. The summed E-state index contributed by atoms with van der Waals surface area (Å²) in [6, 6.07) is 19.5. The van der Waals surface area contributed by atoms with Gasteiger partial charge in [-0.05, 0) is 66.9 Å². The molecule has 1 fully saturated rings. The zero-order valence-electron chi connectivity index (χ0n) is 18.7. The van der Waals surface area contributed by atoms with Crippen molar-refractivity contribution in [2.24, 2.45) is 0 Å². The first-order valence-electron chi connectivity index (χ1n) is 10.9. The Morgan fingerprint density at radius 3 is 2.24 bits per heavy atom. The van der Waals surface area contributed by atoms with E-state index >= 15 is 0 Å². The monoisotopic (exact) mass is 517 g/mol. The van der Waals surface area contributed by atoms with Gasteiger partial charge in [0.2, 0.25) is 10.0 Å². The summed E-state index contributed by atoms with van der Waals surface area (Å²) in [4.78, 5) is 15.0. The Kier molecular flexibility index (Phi) is 7.36. The number of carbonyl (C=O) groups excluding carboxylic acids is 1. The first-order chi connectivity index (χ1) is 16.2. The van der Waals surface area contributed by atoms with E-state index in [1.165, 1.54) is 17.1 Å². The van der Waals surface area contributed by atoms with Gasteiger partial charge in [0.15, 0.2) is 0 Å². The minimum atomic E-state index is -3.62. The average Bonchev–Trinajstić information content (AvgIpc) is 3.35. The third-order valence-corrected chi connectivity index (χ3v) is 7.67. The van der Waals surface area contributed by atoms with Gasteiger partial charge in [-0.15, -0.1) is 0 Å². The van der Waals surface area contributed by atoms with E-state index < -0.39 is 10.0 Å². The lowest BCUT2D eigenvalue weighted by molar-refractivity contribution is 0.102. The molecule has 0 spiro atoms. The normalized spacial score (nSPS) is 13.7. The Morgan fingerprint density at radius 2 is 1.62 bits per heavy atom. The molecule has 0 aromatic heterocycles. The van der Waals surface area contributed by atoms with Crippen molar-refractivity contribution in [3.63, 3.8) is 0 Å². The van der Waals surface area contributed by atoms with E-state index in [1.54, 1.807) is 42.5 Å². The first kappa shape index (κ1) is 24.4. The zero-order valence-corrected chi connectivity index (χ0v) is 21.0. The van der Waals surface area contributed by atoms with Crippen LogP contribution in [0.25, 0.3) is 0 Å². The molecule has 1 saturated heterocycles. The fourth-order valence-corrected chi connectivity index (χ4v) is 5.27. The molecule has 3 aromatic carbocycles. The molecule has 178 valence electrons. The van der Waals surface area contributed by atoms with E-state index in [0.29, 0.717) is 16.8 Å². The number of hydrogen-bond donors (Lipinski definition) is 1. The minimum absolute atomic E-state index is 0.0543. The van der Waals surface area contributed by atoms with Crippen molar-refractivity contribution in [3.05, 3.63) is 87.9 Å². The molecule has 4 rings (SSSR count). The molecule has 0 atom stereocenters. The van der Waals surface area contributed by atoms with Crippen LogP contribution in [0.4, 0.5) is 17.1 Å². The highest BCUT2D eigenvalue weighted by molar-refractivity contribution is 7.92. The summed E-state index contributed by atoms with van der Waals surface area (Å²) in [5.74, 6) is -0.238. The number of hydrogen-bond acceptors (Lipinski definition) is 4. The smallest absolute Gasteiger partial charge is 0.255 e. The molecule has 3 aromatic rings. The molecule has 6 nitrogen and oxygen atoms in total. The molecule has 0 saturated carbocycles. The van der Waals surface area contributed by atoms with Crippen LogP contribution in [0, 0.1) is 0 Å². The second-order valence-corrected chi connectivity index (χ2v) is 10.9. The number of anilines is 3. The van der Waals surface area contributed by atoms with Crippen LogP contribution in [0.2, 0.25) is 10.0 Å². The molecule has 1 aliphatic heterocycles. The first-order valence-corrected chi connectivity index (χ1v) is 13.5. The van der Waals surface area contributed by atoms with Gasteiger partial charge in [0.05, 0.1) is 28.5 Å². The number of halogens is 2. The molecule has 1 amide bonds. The summed E-state index contributed by atoms with van der Waals surface area (Å²) in [5, 5.41) is 3.34. The molecule has 1 aliphatic rings. The molecule has 0 radical (unpaired) electrons. The Labute approximate surface area is 210 Å². The van der Waals surface area contributed by atoms with Gasteiger partial charge < -0.3 is 10.2 Å². The lowest BCUT2D eigenvalue weighted by Gasteiger charge is -2.24. The van der Waals surface area contributed by atoms with Gasteiger partial charge in [-0.25, -0.2) is 8.42 Å². The van der Waals surface area contributed by atoms with Gasteiger partial charge in [0.1, 0.15) is 0 Å². The van der Waals surface area contributed by atoms with Crippen LogP contribution in [0.15, 0.2) is 66.7 Å². The van der Waals surface area contributed by atoms with E-state index in [2.05, 4.69) is 10.2 Å². The number of nitrogens with one attached hydrogen (secondary N) is 1. The van der Waals surface area contributed by atoms with Crippen molar-refractivity contribution in [3.8, 4) is 0 Å². The lowest BCUT2D eigenvalue weighted by Crippen LogP contribution is -2.29. The number of carbonyl (C=O) groups is 1. The van der Waals surface area contributed by atoms with Crippen molar-refractivity contribution < 1.29 is 13.2 Å². The van der Waals surface area contributed by atoms with E-state index in [1.807, 2.05) is 24.3 Å². The highest BCUT2D eigenvalue weighted by atomic mass is 35.5. The summed E-state index contributed by atoms with van der Waals surface area (Å²) in [6.07, 6.45) is 3.53. The van der Waals surface area contributed by atoms with Crippen LogP contribution in [-0.2, 0) is 16.6 Å². The fourth-order valence-electron chi connectivity index (χ4n) is 3.93. The molecule has 1 N–H and O–H groups in total. The van der Waals surface area contributed by atoms with Gasteiger partial charge >= 0.3 is 0 Å². The van der Waals surface area contributed by atoms with E-state index in [9.17, 15) is 13.2 Å². The summed E-state index contributed by atoms with van der Waals surface area (Å²) < 4.78 is 26.1. The Morgan fingerprint density at radius 1 is 0.971 bits per heavy atom. The van der Waals surface area contributed by atoms with Crippen LogP contribution < -0.4 is 14.5 Å². The highest BCUT2D eigenvalue weighted by Gasteiger charge is 2.22. The average molecular weight is 518 g/mol. The molecule has 0 bridgehead atoms. The van der Waals surface area contributed by atoms with Crippen molar-refractivity contribution in [1.82, 2.24) is 0 Å². The fraction of sp³-hybridized carbons (Fsp3) is 0.240. The quantitative estimate of drug-likeness (QED) is 0.429. The second kappa shape index (κ2) is 10.3. The number of rotatable bonds is 7. The van der Waals surface area contributed by atoms with Gasteiger partial charge in [-0.2, -0.15) is 0 Å². The minimum Gasteiger partial charge on any atom is -0.372 e. The number of benzene rings is 3. The van der Waals surface area contributed by atoms with Gasteiger partial charge in [-0.3, -0.25) is 9.10 Å². The Hall–Kier alpha value is -2.74. The Balaban J connectivity index is 1.45. The van der Waals surface area contributed by atoms with Crippen LogP contribution in [0.5, 0.6) is 0 Å². The van der Waals surface area contributed by atoms with E-state index in [0.717, 1.165) is 30.7 Å². The summed E-state index contributed by atoms with van der Waals surface area (Å²) in [7, 11) is -3.62. The maximum Gasteiger partial charge on any atom is 0.255 e. The molecule has 0 unspecified atom stereocenters. The number of amides is 1. The molecule has 34 heavy (non-hydrogen) atoms. The van der Waals surface area contributed by atoms with Crippen LogP contribution in [0.3, 0.4) is 0 Å². The Bertz CT molecular complexity index is 1270. The van der Waals surface area contributed by atoms with Crippen molar-refractivity contribution in [1.29, 1.82) is 0 Å². The molecule has 1 heterocycles. The van der Waals surface area contributed by atoms with Gasteiger partial charge in [-0.1, -0.05) is 41.4 Å². The number of nitrogens with zero attached hydrogens (tertiary/aromatic N) is 2. The van der Waals surface area contributed by atoms with Crippen LogP contribution in [-0.4, -0.2) is 33.7 Å². The van der Waals surface area contributed by atoms with Gasteiger partial charge in [0, 0.05) is 30.0 Å². The van der Waals surface area contributed by atoms with Crippen molar-refractivity contribution in [2.75, 3.05) is 33.9 Å². The number of sulfonamides is 1. The second-order valence-electron chi connectivity index (χ2n) is 8.23. The lowest BCUT2D eigenvalue weighted by atomic mass is 10.1. The maximum atomic E-state index is 12.7. The standard InChI is InChI=1S/C25H25Cl2N3O3S/c1-34(32,33)30(23-6-4-5-22(26)24(23)27)17-18-7-9-19(10-8-18)25(31)28-20-11-13-21(14-12-20)29-15-2-3-16-29/h4-14H,2-3,15-17H2,1H3,(H,28,31). The predicted molar refractivity (Wildman–Crippen MR) is 140 cm³/mol. The molecule has 0 aliphatic carbocycles. The van der Waals surface area contributed by atoms with E-state index in [-0.39, 0.29) is 22.5 Å². The molecule has 9 heteroatoms. The maximum absolute atomic E-state index is 12.7. The third kappa shape index (κ3) is 5.66. The van der Waals surface area contributed by atoms with Crippen molar-refractivity contribution in [2.45, 2.75) is 19.4 Å². The SMILES string of the molecule is CS(=O)(=O)N(Cc1ccc(C(=O)Nc2ccc(N3CCCC3)cc2)cc1)c1cccc(Cl)c1Cl. The van der Waals surface area contributed by atoms with Crippen molar-refractivity contribution >= 4 is 56.2 Å². The third-order valence-electron chi connectivity index (χ3n) is 5.74. The summed E-state index contributed by atoms with van der Waals surface area (Å²) in [6.45, 7) is 2.19. The molecular weight excluding hydrogens is 493 g/mol. The van der Waals surface area contributed by atoms with Gasteiger partial charge in [0.25, 0.3) is 5.91 Å². The summed E-state index contributed by atoms with van der Waals surface area (Å²) >= 11 is 12.3.